The van der Waals surface area contributed by atoms with E-state index in [1.54, 1.807) is 24.3 Å². The first-order chi connectivity index (χ1) is 11.5. The van der Waals surface area contributed by atoms with E-state index in [1.165, 1.54) is 11.6 Å². The van der Waals surface area contributed by atoms with Crippen molar-refractivity contribution in [3.8, 4) is 0 Å². The maximum atomic E-state index is 12.1. The zero-order valence-corrected chi connectivity index (χ0v) is 13.5. The molecule has 0 atom stereocenters. The summed E-state index contributed by atoms with van der Waals surface area (Å²) in [5.74, 6) is -0.353. The van der Waals surface area contributed by atoms with Crippen LogP contribution in [0.1, 0.15) is 30.9 Å². The van der Waals surface area contributed by atoms with Crippen LogP contribution in [0, 0.1) is 0 Å². The number of fused-ring (bicyclic) bond motifs is 1. The highest BCUT2D eigenvalue weighted by Gasteiger charge is 2.07. The number of aromatic nitrogens is 1. The molecular weight excluding hydrogens is 304 g/mol. The van der Waals surface area contributed by atoms with Crippen molar-refractivity contribution in [2.24, 2.45) is 0 Å². The van der Waals surface area contributed by atoms with Gasteiger partial charge in [0.15, 0.2) is 5.58 Å². The van der Waals surface area contributed by atoms with Gasteiger partial charge in [0.05, 0.1) is 5.69 Å². The van der Waals surface area contributed by atoms with Crippen LogP contribution in [0.25, 0.3) is 17.2 Å². The van der Waals surface area contributed by atoms with Crippen molar-refractivity contribution in [1.29, 1.82) is 0 Å². The number of aromatic amines is 1. The van der Waals surface area contributed by atoms with Gasteiger partial charge >= 0.3 is 5.76 Å². The molecule has 1 heterocycles. The third kappa shape index (κ3) is 3.46. The molecular formula is C19H18N2O3. The van der Waals surface area contributed by atoms with Crippen LogP contribution in [-0.2, 0) is 4.79 Å². The van der Waals surface area contributed by atoms with E-state index in [2.05, 4.69) is 36.3 Å². The second kappa shape index (κ2) is 6.58. The van der Waals surface area contributed by atoms with E-state index < -0.39 is 5.76 Å². The summed E-state index contributed by atoms with van der Waals surface area (Å²) in [6.07, 6.45) is 3.21. The average Bonchev–Trinajstić information content (AvgIpc) is 2.95. The van der Waals surface area contributed by atoms with Gasteiger partial charge in [0.2, 0.25) is 5.91 Å². The molecule has 0 saturated heterocycles. The molecule has 0 aliphatic rings. The highest BCUT2D eigenvalue weighted by atomic mass is 16.4. The highest BCUT2D eigenvalue weighted by molar-refractivity contribution is 6.05. The Kier molecular flexibility index (Phi) is 4.33. The van der Waals surface area contributed by atoms with Gasteiger partial charge in [-0.25, -0.2) is 4.79 Å². The number of benzene rings is 2. The molecule has 1 amide bonds. The predicted molar refractivity (Wildman–Crippen MR) is 95.0 cm³/mol. The smallest absolute Gasteiger partial charge is 0.408 e. The van der Waals surface area contributed by atoms with Gasteiger partial charge in [0.25, 0.3) is 0 Å². The third-order valence-electron chi connectivity index (χ3n) is 3.74. The molecule has 24 heavy (non-hydrogen) atoms. The Bertz CT molecular complexity index is 947. The molecule has 122 valence electrons. The Morgan fingerprint density at radius 1 is 1.17 bits per heavy atom. The van der Waals surface area contributed by atoms with E-state index in [0.29, 0.717) is 22.7 Å². The SMILES string of the molecule is CC(C)c1ccc(/C=C/C(=O)Nc2cccc3oc(=O)[nH]c23)cc1. The van der Waals surface area contributed by atoms with E-state index in [9.17, 15) is 9.59 Å². The fourth-order valence-corrected chi connectivity index (χ4v) is 2.42. The summed E-state index contributed by atoms with van der Waals surface area (Å²) in [6, 6.07) is 13.1. The third-order valence-corrected chi connectivity index (χ3v) is 3.74. The van der Waals surface area contributed by atoms with Crippen LogP contribution in [0.4, 0.5) is 5.69 Å². The number of carbonyl (C=O) groups excluding carboxylic acids is 1. The molecule has 3 rings (SSSR count). The number of H-pyrrole nitrogens is 1. The lowest BCUT2D eigenvalue weighted by molar-refractivity contribution is -0.111. The monoisotopic (exact) mass is 322 g/mol. The Morgan fingerprint density at radius 3 is 2.62 bits per heavy atom. The quantitative estimate of drug-likeness (QED) is 0.715. The second-order valence-electron chi connectivity index (χ2n) is 5.84. The maximum absolute atomic E-state index is 12.1. The topological polar surface area (TPSA) is 75.1 Å². The van der Waals surface area contributed by atoms with Gasteiger partial charge in [-0.3, -0.25) is 9.78 Å². The van der Waals surface area contributed by atoms with Crippen molar-refractivity contribution in [3.05, 3.63) is 70.2 Å². The second-order valence-corrected chi connectivity index (χ2v) is 5.84. The van der Waals surface area contributed by atoms with Crippen molar-refractivity contribution >= 4 is 28.8 Å². The van der Waals surface area contributed by atoms with Crippen LogP contribution in [0.5, 0.6) is 0 Å². The van der Waals surface area contributed by atoms with Gasteiger partial charge in [-0.1, -0.05) is 44.2 Å². The molecule has 0 bridgehead atoms. The van der Waals surface area contributed by atoms with Gasteiger partial charge in [-0.15, -0.1) is 0 Å². The largest absolute Gasteiger partial charge is 0.417 e. The molecule has 1 aromatic heterocycles. The van der Waals surface area contributed by atoms with E-state index in [0.717, 1.165) is 5.56 Å². The predicted octanol–water partition coefficient (Wildman–Crippen LogP) is 3.90. The Morgan fingerprint density at radius 2 is 1.92 bits per heavy atom. The summed E-state index contributed by atoms with van der Waals surface area (Å²) in [5.41, 5.74) is 3.59. The molecule has 0 aliphatic carbocycles. The lowest BCUT2D eigenvalue weighted by Crippen LogP contribution is -2.08. The van der Waals surface area contributed by atoms with Crippen LogP contribution in [0.3, 0.4) is 0 Å². The van der Waals surface area contributed by atoms with Crippen molar-refractivity contribution in [3.63, 3.8) is 0 Å². The van der Waals surface area contributed by atoms with E-state index in [-0.39, 0.29) is 5.91 Å². The van der Waals surface area contributed by atoms with Gasteiger partial charge in [0, 0.05) is 6.08 Å². The zero-order chi connectivity index (χ0) is 17.1. The summed E-state index contributed by atoms with van der Waals surface area (Å²) >= 11 is 0. The minimum atomic E-state index is -0.549. The van der Waals surface area contributed by atoms with Crippen LogP contribution in [0.15, 0.2) is 57.8 Å². The van der Waals surface area contributed by atoms with E-state index in [4.69, 9.17) is 4.42 Å². The molecule has 0 aliphatic heterocycles. The Hall–Kier alpha value is -3.08. The number of carbonyl (C=O) groups is 1. The van der Waals surface area contributed by atoms with Crippen LogP contribution in [0.2, 0.25) is 0 Å². The first-order valence-electron chi connectivity index (χ1n) is 7.74. The lowest BCUT2D eigenvalue weighted by Gasteiger charge is -2.05. The summed E-state index contributed by atoms with van der Waals surface area (Å²) in [6.45, 7) is 4.28. The molecule has 0 radical (unpaired) electrons. The summed E-state index contributed by atoms with van der Waals surface area (Å²) in [5, 5.41) is 2.74. The van der Waals surface area contributed by atoms with E-state index in [1.807, 2.05) is 12.1 Å². The summed E-state index contributed by atoms with van der Waals surface area (Å²) < 4.78 is 4.97. The Labute approximate surface area is 139 Å². The zero-order valence-electron chi connectivity index (χ0n) is 13.5. The first kappa shape index (κ1) is 15.8. The molecule has 0 saturated carbocycles. The van der Waals surface area contributed by atoms with Crippen molar-refractivity contribution < 1.29 is 9.21 Å². The number of oxazole rings is 1. The number of para-hydroxylation sites is 1. The normalized spacial score (nSPS) is 11.5. The van der Waals surface area contributed by atoms with E-state index >= 15 is 0 Å². The van der Waals surface area contributed by atoms with Crippen LogP contribution in [-0.4, -0.2) is 10.9 Å². The molecule has 5 nitrogen and oxygen atoms in total. The number of amides is 1. The number of hydrogen-bond acceptors (Lipinski definition) is 3. The first-order valence-corrected chi connectivity index (χ1v) is 7.74. The maximum Gasteiger partial charge on any atom is 0.417 e. The fraction of sp³-hybridized carbons (Fsp3) is 0.158. The number of hydrogen-bond donors (Lipinski definition) is 2. The standard InChI is InChI=1S/C19H18N2O3/c1-12(2)14-9-6-13(7-10-14)8-11-17(22)20-15-4-3-5-16-18(15)21-19(23)24-16/h3-12H,1-2H3,(H,20,22)(H,21,23)/b11-8+. The van der Waals surface area contributed by atoms with Crippen molar-refractivity contribution in [2.45, 2.75) is 19.8 Å². The van der Waals surface area contributed by atoms with Crippen LogP contribution < -0.4 is 11.1 Å². The molecule has 2 aromatic carbocycles. The Balaban J connectivity index is 1.73. The number of rotatable bonds is 4. The fourth-order valence-electron chi connectivity index (χ4n) is 2.42. The molecule has 3 aromatic rings. The van der Waals surface area contributed by atoms with Gasteiger partial charge in [-0.2, -0.15) is 0 Å². The average molecular weight is 322 g/mol. The van der Waals surface area contributed by atoms with Gasteiger partial charge < -0.3 is 9.73 Å². The number of nitrogens with one attached hydrogen (secondary N) is 2. The van der Waals surface area contributed by atoms with Gasteiger partial charge in [0.1, 0.15) is 5.52 Å². The van der Waals surface area contributed by atoms with Crippen molar-refractivity contribution in [2.75, 3.05) is 5.32 Å². The molecule has 5 heteroatoms. The lowest BCUT2D eigenvalue weighted by atomic mass is 10.0. The van der Waals surface area contributed by atoms with Crippen molar-refractivity contribution in [1.82, 2.24) is 4.98 Å². The molecule has 0 fully saturated rings. The minimum absolute atomic E-state index is 0.280. The molecule has 0 unspecified atom stereocenters. The summed E-state index contributed by atoms with van der Waals surface area (Å²) in [4.78, 5) is 25.9. The highest BCUT2D eigenvalue weighted by Crippen LogP contribution is 2.20. The van der Waals surface area contributed by atoms with Gasteiger partial charge in [-0.05, 0) is 35.3 Å². The minimum Gasteiger partial charge on any atom is -0.408 e. The van der Waals surface area contributed by atoms with Crippen LogP contribution >= 0.6 is 0 Å². The molecule has 0 spiro atoms. The molecule has 2 N–H and O–H groups in total. The number of anilines is 1. The summed E-state index contributed by atoms with van der Waals surface area (Å²) in [7, 11) is 0.